The van der Waals surface area contributed by atoms with E-state index in [9.17, 15) is 0 Å². The van der Waals surface area contributed by atoms with Crippen LogP contribution in [0.2, 0.25) is 0 Å². The van der Waals surface area contributed by atoms with E-state index in [0.29, 0.717) is 0 Å². The molecule has 2 heterocycles. The summed E-state index contributed by atoms with van der Waals surface area (Å²) in [5, 5.41) is 14.7. The van der Waals surface area contributed by atoms with Gasteiger partial charge in [0.1, 0.15) is 10.0 Å². The maximum Gasteiger partial charge on any atom is 0.123 e. The molecule has 1 N–H and O–H groups in total. The van der Waals surface area contributed by atoms with Gasteiger partial charge in [-0.1, -0.05) is 6.92 Å². The molecule has 1 aliphatic heterocycles. The first kappa shape index (κ1) is 12.3. The molecule has 3 rings (SSSR count). The van der Waals surface area contributed by atoms with Crippen molar-refractivity contribution in [3.05, 3.63) is 10.0 Å². The lowest BCUT2D eigenvalue weighted by atomic mass is 9.82. The lowest BCUT2D eigenvalue weighted by Crippen LogP contribution is -2.37. The van der Waals surface area contributed by atoms with E-state index in [1.54, 1.807) is 0 Å². The van der Waals surface area contributed by atoms with E-state index < -0.39 is 0 Å². The average Bonchev–Trinajstić information content (AvgIpc) is 2.97. The highest BCUT2D eigenvalue weighted by Gasteiger charge is 2.35. The average molecular weight is 260 g/mol. The first-order chi connectivity index (χ1) is 7.28. The summed E-state index contributed by atoms with van der Waals surface area (Å²) in [6.45, 7) is 4.58. The number of nitrogens with one attached hydrogen (secondary N) is 1. The molecular weight excluding hydrogens is 242 g/mol. The van der Waals surface area contributed by atoms with Crippen molar-refractivity contribution in [3.8, 4) is 0 Å². The van der Waals surface area contributed by atoms with Crippen molar-refractivity contribution in [3.63, 3.8) is 0 Å². The van der Waals surface area contributed by atoms with Gasteiger partial charge in [-0.25, -0.2) is 0 Å². The minimum Gasteiger partial charge on any atom is -0.317 e. The maximum atomic E-state index is 4.41. The normalized spacial score (nSPS) is 23.8. The van der Waals surface area contributed by atoms with Crippen molar-refractivity contribution in [1.29, 1.82) is 0 Å². The molecule has 0 radical (unpaired) electrons. The van der Waals surface area contributed by atoms with Crippen molar-refractivity contribution in [2.45, 2.75) is 43.9 Å². The second-order valence-electron chi connectivity index (χ2n) is 5.03. The predicted octanol–water partition coefficient (Wildman–Crippen LogP) is 2.48. The lowest BCUT2D eigenvalue weighted by molar-refractivity contribution is 0.332. The molecule has 1 aliphatic carbocycles. The Morgan fingerprint density at radius 1 is 1.25 bits per heavy atom. The summed E-state index contributed by atoms with van der Waals surface area (Å²) in [4.78, 5) is 0. The summed E-state index contributed by atoms with van der Waals surface area (Å²) < 4.78 is 0. The minimum absolute atomic E-state index is 0. The Kier molecular flexibility index (Phi) is 3.52. The molecule has 90 valence electrons. The zero-order valence-corrected chi connectivity index (χ0v) is 11.2. The summed E-state index contributed by atoms with van der Waals surface area (Å²) in [7, 11) is 0. The second-order valence-corrected chi connectivity index (χ2v) is 6.04. The first-order valence-electron chi connectivity index (χ1n) is 5.82. The molecule has 1 saturated carbocycles. The van der Waals surface area contributed by atoms with Gasteiger partial charge in [0, 0.05) is 11.3 Å². The fraction of sp³-hybridized carbons (Fsp3) is 0.818. The quantitative estimate of drug-likeness (QED) is 0.887. The number of hydrogen-bond acceptors (Lipinski definition) is 4. The molecule has 0 bridgehead atoms. The Hall–Kier alpha value is -0.190. The van der Waals surface area contributed by atoms with Gasteiger partial charge in [-0.3, -0.25) is 0 Å². The summed E-state index contributed by atoms with van der Waals surface area (Å²) in [5.41, 5.74) is 0.288. The summed E-state index contributed by atoms with van der Waals surface area (Å²) in [6.07, 6.45) is 5.05. The maximum absolute atomic E-state index is 4.41. The first-order valence-corrected chi connectivity index (χ1v) is 6.64. The van der Waals surface area contributed by atoms with Crippen LogP contribution in [0.1, 0.15) is 48.5 Å². The Labute approximate surface area is 106 Å². The van der Waals surface area contributed by atoms with E-state index in [-0.39, 0.29) is 17.8 Å². The third kappa shape index (κ3) is 2.24. The molecule has 0 unspecified atom stereocenters. The number of piperidine rings is 1. The zero-order chi connectivity index (χ0) is 10.3. The molecule has 16 heavy (non-hydrogen) atoms. The van der Waals surface area contributed by atoms with Crippen LogP contribution in [-0.2, 0) is 5.41 Å². The Morgan fingerprint density at radius 3 is 2.56 bits per heavy atom. The molecule has 1 aromatic heterocycles. The minimum atomic E-state index is 0. The number of halogens is 1. The molecule has 0 atom stereocenters. The lowest BCUT2D eigenvalue weighted by Gasteiger charge is -2.31. The zero-order valence-electron chi connectivity index (χ0n) is 9.53. The van der Waals surface area contributed by atoms with Crippen LogP contribution in [0.4, 0.5) is 0 Å². The smallest absolute Gasteiger partial charge is 0.123 e. The van der Waals surface area contributed by atoms with Crippen LogP contribution in [0.5, 0.6) is 0 Å². The number of rotatable bonds is 2. The van der Waals surface area contributed by atoms with E-state index in [4.69, 9.17) is 0 Å². The number of nitrogens with zero attached hydrogens (tertiary/aromatic N) is 2. The SMILES string of the molecule is CC1(c2nnc(C3CC3)s2)CCNCC1.Cl. The predicted molar refractivity (Wildman–Crippen MR) is 68.6 cm³/mol. The van der Waals surface area contributed by atoms with Gasteiger partial charge < -0.3 is 5.32 Å². The fourth-order valence-electron chi connectivity index (χ4n) is 2.17. The molecule has 2 aliphatic rings. The van der Waals surface area contributed by atoms with Crippen LogP contribution < -0.4 is 5.32 Å². The fourth-order valence-corrected chi connectivity index (χ4v) is 3.38. The molecule has 3 nitrogen and oxygen atoms in total. The molecule has 1 aromatic rings. The summed E-state index contributed by atoms with van der Waals surface area (Å²) >= 11 is 1.86. The Morgan fingerprint density at radius 2 is 1.94 bits per heavy atom. The molecule has 0 aromatic carbocycles. The van der Waals surface area contributed by atoms with Crippen molar-refractivity contribution >= 4 is 23.7 Å². The van der Waals surface area contributed by atoms with Gasteiger partial charge in [0.05, 0.1) is 0 Å². The number of aromatic nitrogens is 2. The largest absolute Gasteiger partial charge is 0.317 e. The Bertz CT molecular complexity index is 356. The van der Waals surface area contributed by atoms with Crippen molar-refractivity contribution < 1.29 is 0 Å². The summed E-state index contributed by atoms with van der Waals surface area (Å²) in [5.74, 6) is 0.751. The van der Waals surface area contributed by atoms with Crippen LogP contribution in [0.3, 0.4) is 0 Å². The third-order valence-corrected chi connectivity index (χ3v) is 4.98. The molecule has 5 heteroatoms. The highest BCUT2D eigenvalue weighted by atomic mass is 35.5. The molecule has 1 saturated heterocycles. The standard InChI is InChI=1S/C11H17N3S.ClH/c1-11(4-6-12-7-5-11)10-14-13-9(15-10)8-2-3-8;/h8,12H,2-7H2,1H3;1H. The molecule has 2 fully saturated rings. The van der Waals surface area contributed by atoms with Crippen LogP contribution in [-0.4, -0.2) is 23.3 Å². The Balaban J connectivity index is 0.000000963. The van der Waals surface area contributed by atoms with Crippen LogP contribution in [0.15, 0.2) is 0 Å². The van der Waals surface area contributed by atoms with Crippen LogP contribution >= 0.6 is 23.7 Å². The van der Waals surface area contributed by atoms with Gasteiger partial charge in [0.25, 0.3) is 0 Å². The monoisotopic (exact) mass is 259 g/mol. The van der Waals surface area contributed by atoms with E-state index >= 15 is 0 Å². The number of hydrogen-bond donors (Lipinski definition) is 1. The van der Waals surface area contributed by atoms with E-state index in [1.165, 1.54) is 35.7 Å². The molecular formula is C11H18ClN3S. The van der Waals surface area contributed by atoms with Gasteiger partial charge in [-0.2, -0.15) is 0 Å². The highest BCUT2D eigenvalue weighted by molar-refractivity contribution is 7.11. The third-order valence-electron chi connectivity index (χ3n) is 3.59. The van der Waals surface area contributed by atoms with Crippen molar-refractivity contribution in [2.24, 2.45) is 0 Å². The van der Waals surface area contributed by atoms with E-state index in [0.717, 1.165) is 19.0 Å². The van der Waals surface area contributed by atoms with Gasteiger partial charge in [0.2, 0.25) is 0 Å². The van der Waals surface area contributed by atoms with Gasteiger partial charge >= 0.3 is 0 Å². The molecule has 0 spiro atoms. The van der Waals surface area contributed by atoms with Crippen molar-refractivity contribution in [2.75, 3.05) is 13.1 Å². The second kappa shape index (κ2) is 4.59. The topological polar surface area (TPSA) is 37.8 Å². The summed E-state index contributed by atoms with van der Waals surface area (Å²) in [6, 6.07) is 0. The van der Waals surface area contributed by atoms with Crippen LogP contribution in [0, 0.1) is 0 Å². The van der Waals surface area contributed by atoms with Gasteiger partial charge in [-0.15, -0.1) is 33.9 Å². The van der Waals surface area contributed by atoms with Crippen molar-refractivity contribution in [1.82, 2.24) is 15.5 Å². The van der Waals surface area contributed by atoms with Crippen LogP contribution in [0.25, 0.3) is 0 Å². The molecule has 0 amide bonds. The van der Waals surface area contributed by atoms with E-state index in [2.05, 4.69) is 22.4 Å². The van der Waals surface area contributed by atoms with E-state index in [1.807, 2.05) is 11.3 Å². The van der Waals surface area contributed by atoms with Gasteiger partial charge in [-0.05, 0) is 38.8 Å². The van der Waals surface area contributed by atoms with Gasteiger partial charge in [0.15, 0.2) is 0 Å². The highest BCUT2D eigenvalue weighted by Crippen LogP contribution is 2.44.